The SMILES string of the molecule is [CH2]CCCCCC=CC=CC=CC=CC=CC. The van der Waals surface area contributed by atoms with Crippen molar-refractivity contribution in [2.45, 2.75) is 39.0 Å². The molecule has 0 nitrogen and oxygen atoms in total. The molecular formula is C17H25. The fourth-order valence-electron chi connectivity index (χ4n) is 1.29. The first-order valence-corrected chi connectivity index (χ1v) is 6.49. The Morgan fingerprint density at radius 3 is 1.88 bits per heavy atom. The zero-order valence-electron chi connectivity index (χ0n) is 11.0. The third-order valence-electron chi connectivity index (χ3n) is 2.23. The molecule has 0 fully saturated rings. The van der Waals surface area contributed by atoms with Gasteiger partial charge in [-0.15, -0.1) is 0 Å². The predicted molar refractivity (Wildman–Crippen MR) is 79.8 cm³/mol. The van der Waals surface area contributed by atoms with Crippen molar-refractivity contribution >= 4 is 0 Å². The van der Waals surface area contributed by atoms with Crippen molar-refractivity contribution < 1.29 is 0 Å². The molecule has 0 saturated carbocycles. The lowest BCUT2D eigenvalue weighted by molar-refractivity contribution is 0.695. The van der Waals surface area contributed by atoms with Crippen LogP contribution in [0.1, 0.15) is 39.0 Å². The second-order valence-corrected chi connectivity index (χ2v) is 3.81. The molecule has 0 N–H and O–H groups in total. The fourth-order valence-corrected chi connectivity index (χ4v) is 1.29. The zero-order chi connectivity index (χ0) is 12.6. The molecule has 0 aliphatic rings. The van der Waals surface area contributed by atoms with Gasteiger partial charge < -0.3 is 0 Å². The largest absolute Gasteiger partial charge is 0.0877 e. The van der Waals surface area contributed by atoms with Gasteiger partial charge in [-0.05, 0) is 19.8 Å². The van der Waals surface area contributed by atoms with E-state index in [1.54, 1.807) is 0 Å². The highest BCUT2D eigenvalue weighted by Crippen LogP contribution is 2.02. The van der Waals surface area contributed by atoms with E-state index in [4.69, 9.17) is 0 Å². The maximum atomic E-state index is 3.83. The Kier molecular flexibility index (Phi) is 13.6. The quantitative estimate of drug-likeness (QED) is 0.358. The highest BCUT2D eigenvalue weighted by molar-refractivity contribution is 5.17. The molecule has 0 atom stereocenters. The van der Waals surface area contributed by atoms with Crippen LogP contribution in [0.15, 0.2) is 60.8 Å². The molecule has 0 unspecified atom stereocenters. The molecule has 0 saturated heterocycles. The van der Waals surface area contributed by atoms with Crippen LogP contribution in [0.3, 0.4) is 0 Å². The van der Waals surface area contributed by atoms with E-state index in [1.807, 2.05) is 49.5 Å². The minimum Gasteiger partial charge on any atom is -0.0877 e. The van der Waals surface area contributed by atoms with Gasteiger partial charge in [-0.2, -0.15) is 0 Å². The average Bonchev–Trinajstić information content (AvgIpc) is 2.35. The molecule has 0 amide bonds. The number of hydrogen-bond donors (Lipinski definition) is 0. The van der Waals surface area contributed by atoms with Gasteiger partial charge in [-0.25, -0.2) is 0 Å². The van der Waals surface area contributed by atoms with Crippen LogP contribution >= 0.6 is 0 Å². The van der Waals surface area contributed by atoms with Crippen molar-refractivity contribution in [3.05, 3.63) is 67.7 Å². The molecule has 0 rings (SSSR count). The summed E-state index contributed by atoms with van der Waals surface area (Å²) in [6, 6.07) is 0. The smallest absolute Gasteiger partial charge is 0.0348 e. The summed E-state index contributed by atoms with van der Waals surface area (Å²) in [6.45, 7) is 5.84. The summed E-state index contributed by atoms with van der Waals surface area (Å²) >= 11 is 0. The van der Waals surface area contributed by atoms with Gasteiger partial charge in [0.25, 0.3) is 0 Å². The molecule has 0 aliphatic carbocycles. The lowest BCUT2D eigenvalue weighted by Crippen LogP contribution is -1.73. The molecule has 0 bridgehead atoms. The monoisotopic (exact) mass is 229 g/mol. The van der Waals surface area contributed by atoms with Gasteiger partial charge in [0.05, 0.1) is 0 Å². The van der Waals surface area contributed by atoms with Crippen LogP contribution in [-0.2, 0) is 0 Å². The molecule has 93 valence electrons. The summed E-state index contributed by atoms with van der Waals surface area (Å²) in [5.74, 6) is 0. The summed E-state index contributed by atoms with van der Waals surface area (Å²) in [4.78, 5) is 0. The van der Waals surface area contributed by atoms with Crippen molar-refractivity contribution in [3.63, 3.8) is 0 Å². The Bertz CT molecular complexity index is 274. The van der Waals surface area contributed by atoms with E-state index < -0.39 is 0 Å². The Balaban J connectivity index is 3.49. The molecular weight excluding hydrogens is 204 g/mol. The third-order valence-corrected chi connectivity index (χ3v) is 2.23. The van der Waals surface area contributed by atoms with Crippen molar-refractivity contribution in [2.75, 3.05) is 0 Å². The highest BCUT2D eigenvalue weighted by atomic mass is 13.9. The summed E-state index contributed by atoms with van der Waals surface area (Å²) < 4.78 is 0. The van der Waals surface area contributed by atoms with Gasteiger partial charge in [0.15, 0.2) is 0 Å². The second-order valence-electron chi connectivity index (χ2n) is 3.81. The summed E-state index contributed by atoms with van der Waals surface area (Å²) in [6.07, 6.45) is 26.7. The molecule has 0 aliphatic heterocycles. The van der Waals surface area contributed by atoms with Gasteiger partial charge >= 0.3 is 0 Å². The van der Waals surface area contributed by atoms with Crippen molar-refractivity contribution in [1.29, 1.82) is 0 Å². The first kappa shape index (κ1) is 15.7. The van der Waals surface area contributed by atoms with Gasteiger partial charge in [0.2, 0.25) is 0 Å². The van der Waals surface area contributed by atoms with E-state index in [1.165, 1.54) is 25.7 Å². The van der Waals surface area contributed by atoms with Crippen molar-refractivity contribution in [1.82, 2.24) is 0 Å². The maximum Gasteiger partial charge on any atom is -0.0348 e. The van der Waals surface area contributed by atoms with Crippen molar-refractivity contribution in [2.24, 2.45) is 0 Å². The standard InChI is InChI=1S/C17H25/c1-3-5-7-9-11-13-15-17-16-14-12-10-8-6-4-2/h4,6,8,10,12-17H,1,3,5,7,9,11H2,2H3. The Hall–Kier alpha value is -1.30. The number of allylic oxidation sites excluding steroid dienone is 10. The number of unbranched alkanes of at least 4 members (excludes halogenated alkanes) is 4. The fraction of sp³-hybridized carbons (Fsp3) is 0.353. The third kappa shape index (κ3) is 14.7. The van der Waals surface area contributed by atoms with E-state index >= 15 is 0 Å². The van der Waals surface area contributed by atoms with Gasteiger partial charge in [0.1, 0.15) is 0 Å². The Labute approximate surface area is 107 Å². The van der Waals surface area contributed by atoms with E-state index in [2.05, 4.69) is 25.2 Å². The predicted octanol–water partition coefficient (Wildman–Crippen LogP) is 5.57. The van der Waals surface area contributed by atoms with Crippen LogP contribution in [0.2, 0.25) is 0 Å². The van der Waals surface area contributed by atoms with Gasteiger partial charge in [-0.3, -0.25) is 0 Å². The highest BCUT2D eigenvalue weighted by Gasteiger charge is 1.82. The minimum absolute atomic E-state index is 1.06. The molecule has 0 aromatic rings. The van der Waals surface area contributed by atoms with E-state index in [9.17, 15) is 0 Å². The summed E-state index contributed by atoms with van der Waals surface area (Å²) in [5.41, 5.74) is 0. The topological polar surface area (TPSA) is 0 Å². The lowest BCUT2D eigenvalue weighted by atomic mass is 10.1. The van der Waals surface area contributed by atoms with E-state index in [0.717, 1.165) is 6.42 Å². The second kappa shape index (κ2) is 14.7. The van der Waals surface area contributed by atoms with E-state index in [0.29, 0.717) is 0 Å². The molecule has 0 spiro atoms. The van der Waals surface area contributed by atoms with Crippen LogP contribution in [0.4, 0.5) is 0 Å². The van der Waals surface area contributed by atoms with Crippen LogP contribution in [0, 0.1) is 6.92 Å². The lowest BCUT2D eigenvalue weighted by Gasteiger charge is -1.92. The summed E-state index contributed by atoms with van der Waals surface area (Å²) in [5, 5.41) is 0. The first-order chi connectivity index (χ1) is 8.41. The molecule has 0 heterocycles. The molecule has 0 aromatic heterocycles. The van der Waals surface area contributed by atoms with Crippen LogP contribution in [0.25, 0.3) is 0 Å². The Morgan fingerprint density at radius 2 is 1.29 bits per heavy atom. The van der Waals surface area contributed by atoms with Crippen LogP contribution in [0.5, 0.6) is 0 Å². The van der Waals surface area contributed by atoms with E-state index in [-0.39, 0.29) is 0 Å². The Morgan fingerprint density at radius 1 is 0.706 bits per heavy atom. The minimum atomic E-state index is 1.06. The van der Waals surface area contributed by atoms with Gasteiger partial charge in [0, 0.05) is 0 Å². The zero-order valence-corrected chi connectivity index (χ0v) is 11.0. The normalized spacial score (nSPS) is 13.3. The number of rotatable bonds is 9. The maximum absolute atomic E-state index is 3.83. The molecule has 0 aromatic carbocycles. The van der Waals surface area contributed by atoms with Crippen LogP contribution < -0.4 is 0 Å². The molecule has 0 heteroatoms. The van der Waals surface area contributed by atoms with Gasteiger partial charge in [-0.1, -0.05) is 86.9 Å². The average molecular weight is 229 g/mol. The molecule has 17 heavy (non-hydrogen) atoms. The van der Waals surface area contributed by atoms with Crippen LogP contribution in [-0.4, -0.2) is 0 Å². The summed E-state index contributed by atoms with van der Waals surface area (Å²) in [7, 11) is 0. The van der Waals surface area contributed by atoms with Crippen molar-refractivity contribution in [3.8, 4) is 0 Å². The number of hydrogen-bond acceptors (Lipinski definition) is 0. The molecule has 1 radical (unpaired) electrons. The first-order valence-electron chi connectivity index (χ1n) is 6.49.